The summed E-state index contributed by atoms with van der Waals surface area (Å²) in [5.74, 6) is -1.11. The molecule has 134 valence electrons. The molecule has 2 aromatic carbocycles. The summed E-state index contributed by atoms with van der Waals surface area (Å²) in [6.45, 7) is 1.19. The van der Waals surface area contributed by atoms with Crippen molar-refractivity contribution < 1.29 is 17.6 Å². The van der Waals surface area contributed by atoms with E-state index in [-0.39, 0.29) is 27.2 Å². The molecule has 0 radical (unpaired) electrons. The summed E-state index contributed by atoms with van der Waals surface area (Å²) in [5, 5.41) is 2.67. The molecule has 5 nitrogen and oxygen atoms in total. The van der Waals surface area contributed by atoms with Crippen molar-refractivity contribution >= 4 is 44.8 Å². The fraction of sp³-hybridized carbons (Fsp3) is 0.188. The van der Waals surface area contributed by atoms with Gasteiger partial charge >= 0.3 is 0 Å². The van der Waals surface area contributed by atoms with E-state index in [2.05, 4.69) is 5.32 Å². The molecule has 0 unspecified atom stereocenters. The Morgan fingerprint density at radius 2 is 1.92 bits per heavy atom. The number of benzene rings is 2. The summed E-state index contributed by atoms with van der Waals surface area (Å²) in [4.78, 5) is 11.9. The van der Waals surface area contributed by atoms with Gasteiger partial charge in [0.05, 0.1) is 11.6 Å². The molecule has 0 aliphatic rings. The Bertz CT molecular complexity index is 891. The van der Waals surface area contributed by atoms with Crippen molar-refractivity contribution in [1.82, 2.24) is 4.31 Å². The Morgan fingerprint density at radius 3 is 2.56 bits per heavy atom. The monoisotopic (exact) mass is 404 g/mol. The van der Waals surface area contributed by atoms with Crippen LogP contribution in [0.5, 0.6) is 0 Å². The van der Waals surface area contributed by atoms with Crippen molar-refractivity contribution in [2.45, 2.75) is 11.8 Å². The van der Waals surface area contributed by atoms with Gasteiger partial charge in [0.2, 0.25) is 15.9 Å². The van der Waals surface area contributed by atoms with Gasteiger partial charge in [0, 0.05) is 17.3 Å². The fourth-order valence-corrected chi connectivity index (χ4v) is 4.25. The molecule has 0 saturated carbocycles. The van der Waals surface area contributed by atoms with Crippen molar-refractivity contribution in [3.8, 4) is 0 Å². The van der Waals surface area contributed by atoms with Crippen molar-refractivity contribution in [3.63, 3.8) is 0 Å². The molecule has 0 saturated heterocycles. The second kappa shape index (κ2) is 8.14. The molecular formula is C16H15Cl2FN2O3S. The number of hydrogen-bond donors (Lipinski definition) is 1. The minimum absolute atomic E-state index is 0.00777. The summed E-state index contributed by atoms with van der Waals surface area (Å²) in [6.07, 6.45) is 0. The number of sulfonamides is 1. The van der Waals surface area contributed by atoms with Gasteiger partial charge in [-0.05, 0) is 36.4 Å². The molecular weight excluding hydrogens is 390 g/mol. The third-order valence-electron chi connectivity index (χ3n) is 3.29. The first-order valence-corrected chi connectivity index (χ1v) is 9.44. The van der Waals surface area contributed by atoms with E-state index in [1.165, 1.54) is 36.4 Å². The highest BCUT2D eigenvalue weighted by molar-refractivity contribution is 7.89. The number of carbonyl (C=O) groups excluding carboxylic acids is 1. The van der Waals surface area contributed by atoms with Gasteiger partial charge in [-0.25, -0.2) is 12.8 Å². The molecule has 0 aromatic heterocycles. The number of anilines is 1. The van der Waals surface area contributed by atoms with Gasteiger partial charge in [-0.1, -0.05) is 36.2 Å². The number of hydrogen-bond acceptors (Lipinski definition) is 3. The number of rotatable bonds is 6. The van der Waals surface area contributed by atoms with E-state index in [0.29, 0.717) is 0 Å². The van der Waals surface area contributed by atoms with Crippen LogP contribution in [0.1, 0.15) is 6.92 Å². The lowest BCUT2D eigenvalue weighted by molar-refractivity contribution is -0.116. The lowest BCUT2D eigenvalue weighted by atomic mass is 10.3. The zero-order chi connectivity index (χ0) is 18.6. The predicted molar refractivity (Wildman–Crippen MR) is 95.9 cm³/mol. The van der Waals surface area contributed by atoms with Gasteiger partial charge in [-0.3, -0.25) is 4.79 Å². The van der Waals surface area contributed by atoms with Gasteiger partial charge in [-0.2, -0.15) is 4.31 Å². The molecule has 0 heterocycles. The first kappa shape index (κ1) is 19.7. The lowest BCUT2D eigenvalue weighted by Crippen LogP contribution is -2.38. The normalized spacial score (nSPS) is 11.6. The van der Waals surface area contributed by atoms with E-state index in [0.717, 1.165) is 10.4 Å². The molecule has 2 aromatic rings. The average Bonchev–Trinajstić information content (AvgIpc) is 2.54. The summed E-state index contributed by atoms with van der Waals surface area (Å²) in [5.41, 5.74) is 0.235. The molecule has 0 spiro atoms. The van der Waals surface area contributed by atoms with Crippen LogP contribution in [0.2, 0.25) is 10.0 Å². The number of carbonyl (C=O) groups is 1. The maximum atomic E-state index is 13.2. The second-order valence-corrected chi connectivity index (χ2v) is 7.81. The third kappa shape index (κ3) is 4.92. The van der Waals surface area contributed by atoms with Crippen LogP contribution in [0.15, 0.2) is 47.4 Å². The Balaban J connectivity index is 2.20. The summed E-state index contributed by atoms with van der Waals surface area (Å²) in [7, 11) is -4.02. The first-order chi connectivity index (χ1) is 11.7. The standard InChI is InChI=1S/C16H15Cl2FN2O3S/c1-2-21(10-16(22)20-13-5-3-4-12(19)9-13)25(23,24)15-8-11(17)6-7-14(15)18/h3-9H,2,10H2,1H3,(H,20,22). The smallest absolute Gasteiger partial charge is 0.245 e. The highest BCUT2D eigenvalue weighted by atomic mass is 35.5. The zero-order valence-electron chi connectivity index (χ0n) is 13.2. The van der Waals surface area contributed by atoms with Crippen LogP contribution in [-0.2, 0) is 14.8 Å². The van der Waals surface area contributed by atoms with Crippen LogP contribution in [0.3, 0.4) is 0 Å². The number of nitrogens with one attached hydrogen (secondary N) is 1. The Labute approximate surface area is 155 Å². The van der Waals surface area contributed by atoms with Gasteiger partial charge < -0.3 is 5.32 Å². The van der Waals surface area contributed by atoms with E-state index < -0.39 is 28.3 Å². The Morgan fingerprint density at radius 1 is 1.20 bits per heavy atom. The van der Waals surface area contributed by atoms with Gasteiger partial charge in [-0.15, -0.1) is 0 Å². The molecule has 0 aliphatic carbocycles. The number of halogens is 3. The van der Waals surface area contributed by atoms with Gasteiger partial charge in [0.25, 0.3) is 0 Å². The minimum Gasteiger partial charge on any atom is -0.325 e. The van der Waals surface area contributed by atoms with E-state index >= 15 is 0 Å². The SMILES string of the molecule is CCN(CC(=O)Nc1cccc(F)c1)S(=O)(=O)c1cc(Cl)ccc1Cl. The van der Waals surface area contributed by atoms with Crippen LogP contribution in [0, 0.1) is 5.82 Å². The average molecular weight is 405 g/mol. The molecule has 9 heteroatoms. The van der Waals surface area contributed by atoms with Gasteiger partial charge in [0.15, 0.2) is 0 Å². The van der Waals surface area contributed by atoms with Crippen molar-refractivity contribution in [2.24, 2.45) is 0 Å². The number of amides is 1. The zero-order valence-corrected chi connectivity index (χ0v) is 15.5. The van der Waals surface area contributed by atoms with E-state index in [1.807, 2.05) is 0 Å². The van der Waals surface area contributed by atoms with Crippen LogP contribution >= 0.6 is 23.2 Å². The van der Waals surface area contributed by atoms with Crippen molar-refractivity contribution in [2.75, 3.05) is 18.4 Å². The highest BCUT2D eigenvalue weighted by Crippen LogP contribution is 2.27. The molecule has 1 amide bonds. The molecule has 25 heavy (non-hydrogen) atoms. The minimum atomic E-state index is -4.02. The topological polar surface area (TPSA) is 66.5 Å². The largest absolute Gasteiger partial charge is 0.325 e. The number of likely N-dealkylation sites (N-methyl/N-ethyl adjacent to an activating group) is 1. The molecule has 1 N–H and O–H groups in total. The highest BCUT2D eigenvalue weighted by Gasteiger charge is 2.27. The third-order valence-corrected chi connectivity index (χ3v) is 5.93. The maximum absolute atomic E-state index is 13.2. The second-order valence-electron chi connectivity index (χ2n) is 5.06. The maximum Gasteiger partial charge on any atom is 0.245 e. The molecule has 0 atom stereocenters. The summed E-state index contributed by atoms with van der Waals surface area (Å²) >= 11 is 11.8. The van der Waals surface area contributed by atoms with E-state index in [4.69, 9.17) is 23.2 Å². The van der Waals surface area contributed by atoms with Crippen LogP contribution in [0.4, 0.5) is 10.1 Å². The molecule has 0 bridgehead atoms. The summed E-state index contributed by atoms with van der Waals surface area (Å²) in [6, 6.07) is 9.38. The molecule has 0 fully saturated rings. The van der Waals surface area contributed by atoms with E-state index in [1.54, 1.807) is 6.92 Å². The Kier molecular flexibility index (Phi) is 6.40. The van der Waals surface area contributed by atoms with Crippen LogP contribution < -0.4 is 5.32 Å². The van der Waals surface area contributed by atoms with Crippen LogP contribution in [-0.4, -0.2) is 31.7 Å². The quantitative estimate of drug-likeness (QED) is 0.796. The van der Waals surface area contributed by atoms with Gasteiger partial charge in [0.1, 0.15) is 10.7 Å². The van der Waals surface area contributed by atoms with Crippen molar-refractivity contribution in [3.05, 3.63) is 58.3 Å². The number of nitrogens with zero attached hydrogens (tertiary/aromatic N) is 1. The predicted octanol–water partition coefficient (Wildman–Crippen LogP) is 3.78. The Hall–Kier alpha value is -1.67. The van der Waals surface area contributed by atoms with E-state index in [9.17, 15) is 17.6 Å². The van der Waals surface area contributed by atoms with Crippen LogP contribution in [0.25, 0.3) is 0 Å². The molecule has 0 aliphatic heterocycles. The summed E-state index contributed by atoms with van der Waals surface area (Å²) < 4.78 is 39.6. The molecule has 2 rings (SSSR count). The fourth-order valence-electron chi connectivity index (χ4n) is 2.11. The lowest BCUT2D eigenvalue weighted by Gasteiger charge is -2.20. The van der Waals surface area contributed by atoms with Crippen molar-refractivity contribution in [1.29, 1.82) is 0 Å². The first-order valence-electron chi connectivity index (χ1n) is 7.24.